The second kappa shape index (κ2) is 12.1. The van der Waals surface area contributed by atoms with Gasteiger partial charge < -0.3 is 5.32 Å². The number of benzene rings is 2. The number of carbonyl (C=O) groups excluding carboxylic acids is 1. The summed E-state index contributed by atoms with van der Waals surface area (Å²) in [5.41, 5.74) is -4.59. The summed E-state index contributed by atoms with van der Waals surface area (Å²) in [4.78, 5) is 12.4. The van der Waals surface area contributed by atoms with Crippen LogP contribution in [0.2, 0.25) is 10.0 Å². The zero-order valence-electron chi connectivity index (χ0n) is 19.8. The Morgan fingerprint density at radius 2 is 1.50 bits per heavy atom. The van der Waals surface area contributed by atoms with Crippen LogP contribution in [0.5, 0.6) is 0 Å². The van der Waals surface area contributed by atoms with Gasteiger partial charge in [0.05, 0.1) is 16.9 Å². The zero-order valence-corrected chi connectivity index (χ0v) is 22.1. The monoisotopic (exact) mass is 647 g/mol. The van der Waals surface area contributed by atoms with Crippen LogP contribution in [0, 0.1) is 0 Å². The summed E-state index contributed by atoms with van der Waals surface area (Å²) in [6.45, 7) is 0.926. The van der Waals surface area contributed by atoms with Crippen LogP contribution in [0.25, 0.3) is 5.83 Å². The topological polar surface area (TPSA) is 63.2 Å². The molecule has 2 aromatic carbocycles. The van der Waals surface area contributed by atoms with Crippen LogP contribution >= 0.6 is 23.2 Å². The Hall–Kier alpha value is -2.52. The minimum absolute atomic E-state index is 0.00912. The number of halogens is 12. The molecule has 0 radical (unpaired) electrons. The quantitative estimate of drug-likeness (QED) is 0.298. The maximum Gasteiger partial charge on any atom is 0.417 e. The van der Waals surface area contributed by atoms with Crippen molar-refractivity contribution in [3.05, 3.63) is 74.8 Å². The van der Waals surface area contributed by atoms with Crippen LogP contribution in [0.4, 0.5) is 43.9 Å². The Balaban J connectivity index is 2.44. The highest BCUT2D eigenvalue weighted by atomic mass is 35.5. The Morgan fingerprint density at radius 1 is 0.950 bits per heavy atom. The number of hydrogen-bond acceptors (Lipinski definition) is 3. The Morgan fingerprint density at radius 3 is 1.98 bits per heavy atom. The first-order chi connectivity index (χ1) is 18.0. The molecule has 0 aromatic heterocycles. The number of nitrogens with one attached hydrogen (secondary N) is 1. The average Bonchev–Trinajstić information content (AvgIpc) is 2.72. The largest absolute Gasteiger partial charge is 0.417 e. The van der Waals surface area contributed by atoms with Crippen molar-refractivity contribution < 1.29 is 57.1 Å². The molecule has 2 atom stereocenters. The molecule has 2 unspecified atom stereocenters. The summed E-state index contributed by atoms with van der Waals surface area (Å²) >= 11 is 11.4. The number of amides is 1. The molecular formula is C23H17Cl2F10NO3S. The molecule has 1 amide bonds. The molecule has 0 heterocycles. The maximum absolute atomic E-state index is 14.9. The molecule has 0 aliphatic carbocycles. The van der Waals surface area contributed by atoms with Gasteiger partial charge in [0.1, 0.15) is 17.5 Å². The van der Waals surface area contributed by atoms with Gasteiger partial charge in [-0.2, -0.15) is 39.5 Å². The van der Waals surface area contributed by atoms with Crippen molar-refractivity contribution in [2.75, 3.05) is 11.5 Å². The molecule has 2 aromatic rings. The molecule has 4 nitrogen and oxygen atoms in total. The van der Waals surface area contributed by atoms with Crippen LogP contribution in [-0.2, 0) is 16.0 Å². The first-order valence-electron chi connectivity index (χ1n) is 10.7. The van der Waals surface area contributed by atoms with E-state index in [0.717, 1.165) is 25.1 Å². The third-order valence-electron chi connectivity index (χ3n) is 5.02. The van der Waals surface area contributed by atoms with Gasteiger partial charge in [-0.15, -0.1) is 0 Å². The molecule has 222 valence electrons. The highest BCUT2D eigenvalue weighted by molar-refractivity contribution is 7.91. The van der Waals surface area contributed by atoms with Crippen LogP contribution in [-0.4, -0.2) is 44.2 Å². The van der Waals surface area contributed by atoms with Crippen molar-refractivity contribution in [3.63, 3.8) is 0 Å². The lowest BCUT2D eigenvalue weighted by atomic mass is 9.95. The van der Waals surface area contributed by atoms with E-state index in [4.69, 9.17) is 23.2 Å². The summed E-state index contributed by atoms with van der Waals surface area (Å²) in [5, 5.41) is 1.37. The zero-order chi connectivity index (χ0) is 30.8. The maximum atomic E-state index is 14.9. The van der Waals surface area contributed by atoms with Gasteiger partial charge in [0.2, 0.25) is 0 Å². The number of allylic oxidation sites excluding steroid dienone is 1. The van der Waals surface area contributed by atoms with Gasteiger partial charge in [-0.3, -0.25) is 4.79 Å². The van der Waals surface area contributed by atoms with E-state index >= 15 is 0 Å². The minimum atomic E-state index is -5.35. The predicted octanol–water partition coefficient (Wildman–Crippen LogP) is 7.76. The molecule has 1 N–H and O–H groups in total. The molecular weight excluding hydrogens is 631 g/mol. The van der Waals surface area contributed by atoms with Crippen molar-refractivity contribution in [1.82, 2.24) is 5.32 Å². The first-order valence-corrected chi connectivity index (χ1v) is 13.3. The molecule has 0 bridgehead atoms. The minimum Gasteiger partial charge on any atom is -0.349 e. The number of hydrogen-bond donors (Lipinski definition) is 1. The Bertz CT molecular complexity index is 1370. The second-order valence-corrected chi connectivity index (χ2v) is 11.5. The molecule has 0 aliphatic rings. The normalized spacial score (nSPS) is 15.1. The summed E-state index contributed by atoms with van der Waals surface area (Å²) in [6, 6.07) is 2.25. The van der Waals surface area contributed by atoms with Gasteiger partial charge in [-0.1, -0.05) is 29.3 Å². The fraction of sp³-hybridized carbons (Fsp3) is 0.348. The summed E-state index contributed by atoms with van der Waals surface area (Å²) in [7, 11) is -4.80. The van der Waals surface area contributed by atoms with Gasteiger partial charge in [0, 0.05) is 21.7 Å². The van der Waals surface area contributed by atoms with E-state index in [0.29, 0.717) is 12.1 Å². The van der Waals surface area contributed by atoms with Crippen LogP contribution in [0.3, 0.4) is 0 Å². The van der Waals surface area contributed by atoms with Crippen LogP contribution in [0.15, 0.2) is 42.5 Å². The highest BCUT2D eigenvalue weighted by Gasteiger charge is 2.41. The predicted molar refractivity (Wildman–Crippen MR) is 127 cm³/mol. The van der Waals surface area contributed by atoms with E-state index in [1.165, 1.54) is 0 Å². The van der Waals surface area contributed by atoms with Crippen molar-refractivity contribution in [3.8, 4) is 0 Å². The SMILES string of the molecule is CC(CS(=O)(=O)CC(F)(F)F)NC(=O)c1ccc(/C(F)=C/C(c2cc(Cl)cc(Cl)c2)C(F)(F)F)cc1C(F)(F)F. The van der Waals surface area contributed by atoms with Crippen molar-refractivity contribution in [2.24, 2.45) is 0 Å². The average molecular weight is 648 g/mol. The molecule has 0 aliphatic heterocycles. The summed E-state index contributed by atoms with van der Waals surface area (Å²) in [6.07, 6.45) is -15.6. The van der Waals surface area contributed by atoms with E-state index in [-0.39, 0.29) is 22.2 Å². The smallest absolute Gasteiger partial charge is 0.349 e. The third kappa shape index (κ3) is 9.84. The van der Waals surface area contributed by atoms with E-state index in [1.807, 2.05) is 5.32 Å². The third-order valence-corrected chi connectivity index (χ3v) is 7.23. The van der Waals surface area contributed by atoms with E-state index in [2.05, 4.69) is 0 Å². The number of sulfone groups is 1. The van der Waals surface area contributed by atoms with E-state index < -0.39 is 85.8 Å². The molecule has 0 saturated carbocycles. The lowest BCUT2D eigenvalue weighted by Crippen LogP contribution is -2.40. The molecule has 2 rings (SSSR count). The van der Waals surface area contributed by atoms with Gasteiger partial charge in [0.15, 0.2) is 9.84 Å². The molecule has 0 saturated heterocycles. The van der Waals surface area contributed by atoms with Gasteiger partial charge >= 0.3 is 18.5 Å². The highest BCUT2D eigenvalue weighted by Crippen LogP contribution is 2.41. The number of rotatable bonds is 8. The molecule has 0 spiro atoms. The molecule has 40 heavy (non-hydrogen) atoms. The van der Waals surface area contributed by atoms with Gasteiger partial charge in [0.25, 0.3) is 5.91 Å². The molecule has 0 fully saturated rings. The summed E-state index contributed by atoms with van der Waals surface area (Å²) < 4.78 is 157. The van der Waals surface area contributed by atoms with Crippen LogP contribution < -0.4 is 5.32 Å². The lowest BCUT2D eigenvalue weighted by molar-refractivity contribution is -0.140. The van der Waals surface area contributed by atoms with E-state index in [9.17, 15) is 57.1 Å². The Kier molecular flexibility index (Phi) is 10.2. The van der Waals surface area contributed by atoms with Gasteiger partial charge in [-0.25, -0.2) is 12.8 Å². The standard InChI is InChI=1S/C23H17Cl2F10NO3S/c1-11(9-40(38,39)10-21(27,28)29)36-20(37)16-3-2-12(6-18(16)23(33,34)35)19(26)8-17(22(30,31)32)13-4-14(24)7-15(25)5-13/h2-8,11,17H,9-10H2,1H3,(H,36,37)/b19-8-. The fourth-order valence-corrected chi connectivity index (χ4v) is 5.54. The lowest BCUT2D eigenvalue weighted by Gasteiger charge is -2.19. The van der Waals surface area contributed by atoms with Crippen molar-refractivity contribution in [1.29, 1.82) is 0 Å². The van der Waals surface area contributed by atoms with Gasteiger partial charge in [-0.05, 0) is 48.9 Å². The van der Waals surface area contributed by atoms with Crippen molar-refractivity contribution in [2.45, 2.75) is 37.4 Å². The fourth-order valence-electron chi connectivity index (χ4n) is 3.53. The Labute approximate surface area is 230 Å². The van der Waals surface area contributed by atoms with Crippen molar-refractivity contribution >= 4 is 44.8 Å². The van der Waals surface area contributed by atoms with E-state index in [1.54, 1.807) is 0 Å². The first kappa shape index (κ1) is 33.7. The second-order valence-electron chi connectivity index (χ2n) is 8.54. The van der Waals surface area contributed by atoms with Crippen LogP contribution in [0.1, 0.15) is 39.9 Å². The number of carbonyl (C=O) groups is 1. The summed E-state index contributed by atoms with van der Waals surface area (Å²) in [5.74, 6) is -9.49. The molecule has 17 heteroatoms. The number of alkyl halides is 9.